The summed E-state index contributed by atoms with van der Waals surface area (Å²) in [4.78, 5) is 6.48. The normalized spacial score (nSPS) is 25.5. The fourth-order valence-corrected chi connectivity index (χ4v) is 2.22. The average Bonchev–Trinajstić information content (AvgIpc) is 2.39. The molecule has 1 aromatic rings. The quantitative estimate of drug-likeness (QED) is 0.855. The van der Waals surface area contributed by atoms with Crippen LogP contribution in [0.5, 0.6) is 0 Å². The highest BCUT2D eigenvalue weighted by Crippen LogP contribution is 2.22. The molecule has 3 unspecified atom stereocenters. The minimum Gasteiger partial charge on any atom is -0.374 e. The van der Waals surface area contributed by atoms with Crippen molar-refractivity contribution in [2.75, 3.05) is 19.7 Å². The van der Waals surface area contributed by atoms with Gasteiger partial charge in [0.05, 0.1) is 12.7 Å². The Morgan fingerprint density at radius 1 is 1.41 bits per heavy atom. The zero-order valence-electron chi connectivity index (χ0n) is 10.5. The second kappa shape index (κ2) is 5.58. The third-order valence-electron chi connectivity index (χ3n) is 3.45. The van der Waals surface area contributed by atoms with E-state index in [2.05, 4.69) is 28.9 Å². The van der Waals surface area contributed by atoms with Crippen molar-refractivity contribution in [2.24, 2.45) is 5.73 Å². The Balaban J connectivity index is 2.02. The second-order valence-corrected chi connectivity index (χ2v) is 4.72. The van der Waals surface area contributed by atoms with E-state index in [0.29, 0.717) is 6.04 Å². The topological polar surface area (TPSA) is 51.4 Å². The van der Waals surface area contributed by atoms with Crippen LogP contribution in [0.25, 0.3) is 0 Å². The zero-order valence-corrected chi connectivity index (χ0v) is 10.5. The van der Waals surface area contributed by atoms with Gasteiger partial charge in [0.1, 0.15) is 0 Å². The van der Waals surface area contributed by atoms with Gasteiger partial charge in [-0.1, -0.05) is 0 Å². The molecule has 0 bridgehead atoms. The molecule has 1 saturated heterocycles. The Labute approximate surface area is 103 Å². The van der Waals surface area contributed by atoms with E-state index in [1.807, 2.05) is 19.3 Å². The van der Waals surface area contributed by atoms with Crippen molar-refractivity contribution in [3.05, 3.63) is 30.1 Å². The van der Waals surface area contributed by atoms with Crippen LogP contribution in [-0.2, 0) is 4.74 Å². The van der Waals surface area contributed by atoms with Gasteiger partial charge >= 0.3 is 0 Å². The van der Waals surface area contributed by atoms with Crippen molar-refractivity contribution in [1.29, 1.82) is 0 Å². The third-order valence-corrected chi connectivity index (χ3v) is 3.45. The SMILES string of the molecule is CC(N)C1CN(C(C)c2ccncc2)CCO1. The lowest BCUT2D eigenvalue weighted by Crippen LogP contribution is -2.50. The lowest BCUT2D eigenvalue weighted by molar-refractivity contribution is -0.0498. The Morgan fingerprint density at radius 2 is 2.12 bits per heavy atom. The van der Waals surface area contributed by atoms with E-state index in [0.717, 1.165) is 19.7 Å². The highest BCUT2D eigenvalue weighted by atomic mass is 16.5. The van der Waals surface area contributed by atoms with Crippen LogP contribution in [0.2, 0.25) is 0 Å². The van der Waals surface area contributed by atoms with Crippen LogP contribution in [0.4, 0.5) is 0 Å². The molecule has 1 aromatic heterocycles. The van der Waals surface area contributed by atoms with Gasteiger partial charge in [-0.25, -0.2) is 0 Å². The molecule has 0 radical (unpaired) electrons. The Morgan fingerprint density at radius 3 is 2.76 bits per heavy atom. The first-order valence-electron chi connectivity index (χ1n) is 6.19. The molecule has 3 atom stereocenters. The van der Waals surface area contributed by atoms with Crippen molar-refractivity contribution in [2.45, 2.75) is 32.0 Å². The third kappa shape index (κ3) is 3.03. The molecule has 4 nitrogen and oxygen atoms in total. The molecule has 0 amide bonds. The average molecular weight is 235 g/mol. The number of hydrogen-bond acceptors (Lipinski definition) is 4. The van der Waals surface area contributed by atoms with Crippen LogP contribution >= 0.6 is 0 Å². The fraction of sp³-hybridized carbons (Fsp3) is 0.615. The van der Waals surface area contributed by atoms with E-state index in [1.165, 1.54) is 5.56 Å². The minimum atomic E-state index is 0.0856. The van der Waals surface area contributed by atoms with Crippen LogP contribution in [0.15, 0.2) is 24.5 Å². The molecule has 0 spiro atoms. The number of rotatable bonds is 3. The number of hydrogen-bond donors (Lipinski definition) is 1. The number of pyridine rings is 1. The molecule has 2 rings (SSSR count). The summed E-state index contributed by atoms with van der Waals surface area (Å²) in [7, 11) is 0. The summed E-state index contributed by atoms with van der Waals surface area (Å²) < 4.78 is 5.68. The fourth-order valence-electron chi connectivity index (χ4n) is 2.22. The van der Waals surface area contributed by atoms with Crippen LogP contribution < -0.4 is 5.73 Å². The van der Waals surface area contributed by atoms with E-state index >= 15 is 0 Å². The van der Waals surface area contributed by atoms with Gasteiger partial charge in [0.15, 0.2) is 0 Å². The number of morpholine rings is 1. The van der Waals surface area contributed by atoms with E-state index in [4.69, 9.17) is 10.5 Å². The van der Waals surface area contributed by atoms with Crippen molar-refractivity contribution in [1.82, 2.24) is 9.88 Å². The van der Waals surface area contributed by atoms with Crippen LogP contribution in [0.3, 0.4) is 0 Å². The maximum atomic E-state index is 5.91. The second-order valence-electron chi connectivity index (χ2n) is 4.72. The number of ether oxygens (including phenoxy) is 1. The number of nitrogens with two attached hydrogens (primary N) is 1. The Hall–Kier alpha value is -0.970. The molecule has 1 aliphatic rings. The zero-order chi connectivity index (χ0) is 12.3. The summed E-state index contributed by atoms with van der Waals surface area (Å²) in [5.74, 6) is 0. The molecule has 94 valence electrons. The van der Waals surface area contributed by atoms with Gasteiger partial charge in [-0.3, -0.25) is 9.88 Å². The first-order chi connectivity index (χ1) is 8.18. The van der Waals surface area contributed by atoms with E-state index in [-0.39, 0.29) is 12.1 Å². The summed E-state index contributed by atoms with van der Waals surface area (Å²) >= 11 is 0. The monoisotopic (exact) mass is 235 g/mol. The summed E-state index contributed by atoms with van der Waals surface area (Å²) in [6.45, 7) is 6.86. The van der Waals surface area contributed by atoms with Gasteiger partial charge < -0.3 is 10.5 Å². The highest BCUT2D eigenvalue weighted by molar-refractivity contribution is 5.14. The standard InChI is InChI=1S/C13H21N3O/c1-10(14)13-9-16(7-8-17-13)11(2)12-3-5-15-6-4-12/h3-6,10-11,13H,7-9,14H2,1-2H3. The predicted octanol–water partition coefficient (Wildman–Crippen LogP) is 1.19. The van der Waals surface area contributed by atoms with Gasteiger partial charge in [0, 0.05) is 37.6 Å². The van der Waals surface area contributed by atoms with E-state index < -0.39 is 0 Å². The van der Waals surface area contributed by atoms with Gasteiger partial charge in [-0.2, -0.15) is 0 Å². The van der Waals surface area contributed by atoms with Gasteiger partial charge in [0.2, 0.25) is 0 Å². The molecule has 2 heterocycles. The van der Waals surface area contributed by atoms with Gasteiger partial charge in [0.25, 0.3) is 0 Å². The Kier molecular flexibility index (Phi) is 4.10. The molecular formula is C13H21N3O. The van der Waals surface area contributed by atoms with Crippen molar-refractivity contribution >= 4 is 0 Å². The van der Waals surface area contributed by atoms with E-state index in [9.17, 15) is 0 Å². The summed E-state index contributed by atoms with van der Waals surface area (Å²) in [5.41, 5.74) is 7.20. The smallest absolute Gasteiger partial charge is 0.0850 e. The molecule has 1 fully saturated rings. The summed E-state index contributed by atoms with van der Waals surface area (Å²) in [6.07, 6.45) is 3.83. The predicted molar refractivity (Wildman–Crippen MR) is 67.6 cm³/mol. The van der Waals surface area contributed by atoms with Crippen molar-refractivity contribution in [3.8, 4) is 0 Å². The van der Waals surface area contributed by atoms with Crippen molar-refractivity contribution < 1.29 is 4.74 Å². The molecule has 2 N–H and O–H groups in total. The molecule has 0 aromatic carbocycles. The maximum Gasteiger partial charge on any atom is 0.0850 e. The van der Waals surface area contributed by atoms with E-state index in [1.54, 1.807) is 0 Å². The molecule has 4 heteroatoms. The van der Waals surface area contributed by atoms with Gasteiger partial charge in [-0.15, -0.1) is 0 Å². The maximum absolute atomic E-state index is 5.91. The molecular weight excluding hydrogens is 214 g/mol. The van der Waals surface area contributed by atoms with Crippen molar-refractivity contribution in [3.63, 3.8) is 0 Å². The van der Waals surface area contributed by atoms with Crippen LogP contribution in [-0.4, -0.2) is 41.7 Å². The lowest BCUT2D eigenvalue weighted by atomic mass is 10.1. The highest BCUT2D eigenvalue weighted by Gasteiger charge is 2.26. The van der Waals surface area contributed by atoms with Crippen LogP contribution in [0, 0.1) is 0 Å². The van der Waals surface area contributed by atoms with Gasteiger partial charge in [-0.05, 0) is 31.5 Å². The van der Waals surface area contributed by atoms with Crippen LogP contribution in [0.1, 0.15) is 25.5 Å². The Bertz CT molecular complexity index is 342. The largest absolute Gasteiger partial charge is 0.374 e. The number of aromatic nitrogens is 1. The lowest BCUT2D eigenvalue weighted by Gasteiger charge is -2.38. The molecule has 17 heavy (non-hydrogen) atoms. The first kappa shape index (κ1) is 12.5. The molecule has 0 aliphatic carbocycles. The molecule has 1 aliphatic heterocycles. The molecule has 0 saturated carbocycles. The number of nitrogens with zero attached hydrogens (tertiary/aromatic N) is 2. The first-order valence-corrected chi connectivity index (χ1v) is 6.19. The summed E-state index contributed by atoms with van der Waals surface area (Å²) in [5, 5.41) is 0. The minimum absolute atomic E-state index is 0.0856. The summed E-state index contributed by atoms with van der Waals surface area (Å²) in [6, 6.07) is 4.62.